The van der Waals surface area contributed by atoms with Crippen molar-refractivity contribution in [3.63, 3.8) is 0 Å². The Morgan fingerprint density at radius 2 is 2.54 bits per heavy atom. The Morgan fingerprint density at radius 3 is 3.15 bits per heavy atom. The number of nitriles is 1. The van der Waals surface area contributed by atoms with Crippen molar-refractivity contribution in [3.8, 4) is 6.07 Å². The topological polar surface area (TPSA) is 53.3 Å². The Bertz CT molecular complexity index is 222. The van der Waals surface area contributed by atoms with Gasteiger partial charge < -0.3 is 4.74 Å². The van der Waals surface area contributed by atoms with Crippen molar-refractivity contribution in [1.29, 1.82) is 5.26 Å². The summed E-state index contributed by atoms with van der Waals surface area (Å²) in [7, 11) is 1.38. The van der Waals surface area contributed by atoms with Gasteiger partial charge in [-0.1, -0.05) is 0 Å². The first kappa shape index (κ1) is 10.0. The molecular formula is C9H14N2O2. The highest BCUT2D eigenvalue weighted by atomic mass is 16.5. The fourth-order valence-electron chi connectivity index (χ4n) is 1.55. The number of ether oxygens (including phenoxy) is 1. The van der Waals surface area contributed by atoms with Crippen LogP contribution in [0, 0.1) is 17.2 Å². The van der Waals surface area contributed by atoms with Crippen molar-refractivity contribution in [2.75, 3.05) is 26.7 Å². The van der Waals surface area contributed by atoms with Gasteiger partial charge in [0.1, 0.15) is 0 Å². The summed E-state index contributed by atoms with van der Waals surface area (Å²) in [5.41, 5.74) is 0. The van der Waals surface area contributed by atoms with E-state index >= 15 is 0 Å². The lowest BCUT2D eigenvalue weighted by Crippen LogP contribution is -2.38. The molecule has 0 saturated carbocycles. The van der Waals surface area contributed by atoms with Crippen molar-refractivity contribution in [1.82, 2.24) is 4.90 Å². The van der Waals surface area contributed by atoms with Crippen molar-refractivity contribution in [2.45, 2.75) is 12.8 Å². The number of esters is 1. The van der Waals surface area contributed by atoms with E-state index in [1.165, 1.54) is 7.11 Å². The molecule has 1 atom stereocenters. The van der Waals surface area contributed by atoms with Crippen LogP contribution in [0.1, 0.15) is 12.8 Å². The maximum Gasteiger partial charge on any atom is 0.319 e. The summed E-state index contributed by atoms with van der Waals surface area (Å²) < 4.78 is 4.56. The predicted octanol–water partition coefficient (Wildman–Crippen LogP) is 0.395. The third-order valence-corrected chi connectivity index (χ3v) is 2.27. The zero-order chi connectivity index (χ0) is 9.68. The number of carbonyl (C=O) groups is 1. The highest BCUT2D eigenvalue weighted by Crippen LogP contribution is 2.14. The average Bonchev–Trinajstić information content (AvgIpc) is 2.18. The molecule has 0 N–H and O–H groups in total. The summed E-state index contributed by atoms with van der Waals surface area (Å²) in [6.45, 7) is 1.91. The van der Waals surface area contributed by atoms with E-state index in [9.17, 15) is 4.79 Å². The van der Waals surface area contributed by atoms with E-state index in [2.05, 4.69) is 10.8 Å². The third-order valence-electron chi connectivity index (χ3n) is 2.27. The third kappa shape index (κ3) is 3.03. The molecule has 72 valence electrons. The van der Waals surface area contributed by atoms with Gasteiger partial charge in [-0.05, 0) is 19.4 Å². The number of rotatable bonds is 2. The number of hydrogen-bond donors (Lipinski definition) is 0. The van der Waals surface area contributed by atoms with E-state index in [1.807, 2.05) is 4.90 Å². The summed E-state index contributed by atoms with van der Waals surface area (Å²) in [5.74, 6) is -0.142. The molecule has 1 rings (SSSR count). The molecule has 1 aliphatic heterocycles. The second-order valence-corrected chi connectivity index (χ2v) is 3.28. The summed E-state index contributed by atoms with van der Waals surface area (Å²) in [4.78, 5) is 12.9. The van der Waals surface area contributed by atoms with Crippen molar-refractivity contribution in [2.24, 2.45) is 5.92 Å². The van der Waals surface area contributed by atoms with Gasteiger partial charge >= 0.3 is 5.97 Å². The fourth-order valence-corrected chi connectivity index (χ4v) is 1.55. The summed E-state index contributed by atoms with van der Waals surface area (Å²) >= 11 is 0. The summed E-state index contributed by atoms with van der Waals surface area (Å²) in [6, 6.07) is 2.23. The van der Waals surface area contributed by atoms with E-state index in [1.54, 1.807) is 0 Å². The summed E-state index contributed by atoms with van der Waals surface area (Å²) in [6.07, 6.45) is 1.95. The number of hydrogen-bond acceptors (Lipinski definition) is 4. The summed E-state index contributed by atoms with van der Waals surface area (Å²) in [5, 5.41) is 8.71. The van der Waals surface area contributed by atoms with Crippen LogP contribution in [0.5, 0.6) is 0 Å². The Labute approximate surface area is 78.1 Å². The molecule has 0 bridgehead atoms. The largest absolute Gasteiger partial charge is 0.468 e. The van der Waals surface area contributed by atoms with Crippen LogP contribution in [-0.4, -0.2) is 37.6 Å². The highest BCUT2D eigenvalue weighted by Gasteiger charge is 2.21. The van der Waals surface area contributed by atoms with Crippen LogP contribution >= 0.6 is 0 Å². The molecule has 1 fully saturated rings. The molecule has 4 nitrogen and oxygen atoms in total. The minimum atomic E-state index is -0.224. The first-order valence-electron chi connectivity index (χ1n) is 4.45. The lowest BCUT2D eigenvalue weighted by atomic mass is 10.00. The number of nitrogens with zero attached hydrogens (tertiary/aromatic N) is 2. The maximum atomic E-state index is 10.9. The predicted molar refractivity (Wildman–Crippen MR) is 46.8 cm³/mol. The lowest BCUT2D eigenvalue weighted by Gasteiger charge is -2.28. The Hall–Kier alpha value is -1.08. The maximum absolute atomic E-state index is 10.9. The second kappa shape index (κ2) is 4.83. The van der Waals surface area contributed by atoms with E-state index < -0.39 is 0 Å². The first-order valence-corrected chi connectivity index (χ1v) is 4.45. The number of carbonyl (C=O) groups excluding carboxylic acids is 1. The molecule has 0 aromatic rings. The van der Waals surface area contributed by atoms with Crippen LogP contribution in [0.15, 0.2) is 0 Å². The zero-order valence-electron chi connectivity index (χ0n) is 7.82. The lowest BCUT2D eigenvalue weighted by molar-refractivity contribution is -0.142. The van der Waals surface area contributed by atoms with Crippen molar-refractivity contribution >= 4 is 5.97 Å². The number of likely N-dealkylation sites (tertiary alicyclic amines) is 1. The van der Waals surface area contributed by atoms with Gasteiger partial charge in [-0.15, -0.1) is 0 Å². The molecule has 1 aliphatic rings. The molecule has 1 unspecified atom stereocenters. The molecular weight excluding hydrogens is 168 g/mol. The van der Waals surface area contributed by atoms with Gasteiger partial charge in [0, 0.05) is 6.54 Å². The van der Waals surface area contributed by atoms with Crippen LogP contribution in [0.25, 0.3) is 0 Å². The average molecular weight is 182 g/mol. The molecule has 0 radical (unpaired) electrons. The minimum Gasteiger partial charge on any atom is -0.468 e. The second-order valence-electron chi connectivity index (χ2n) is 3.28. The van der Waals surface area contributed by atoms with Crippen molar-refractivity contribution < 1.29 is 9.53 Å². The zero-order valence-corrected chi connectivity index (χ0v) is 7.82. The molecule has 1 heterocycles. The van der Waals surface area contributed by atoms with Gasteiger partial charge in [0.15, 0.2) is 0 Å². The van der Waals surface area contributed by atoms with E-state index in [-0.39, 0.29) is 11.9 Å². The molecule has 4 heteroatoms. The van der Waals surface area contributed by atoms with Gasteiger partial charge in [0.05, 0.1) is 25.6 Å². The van der Waals surface area contributed by atoms with Crippen molar-refractivity contribution in [3.05, 3.63) is 0 Å². The van der Waals surface area contributed by atoms with E-state index in [0.29, 0.717) is 13.1 Å². The van der Waals surface area contributed by atoms with Crippen LogP contribution in [-0.2, 0) is 9.53 Å². The van der Waals surface area contributed by atoms with Crippen LogP contribution in [0.4, 0.5) is 0 Å². The highest BCUT2D eigenvalue weighted by molar-refractivity contribution is 5.71. The standard InChI is InChI=1S/C9H14N2O2/c1-13-9(12)7-11-4-2-3-8(5-10)6-11/h8H,2-4,6-7H2,1H3. The number of methoxy groups -OCH3 is 1. The van der Waals surface area contributed by atoms with Gasteiger partial charge in [-0.25, -0.2) is 0 Å². The minimum absolute atomic E-state index is 0.0819. The molecule has 13 heavy (non-hydrogen) atoms. The van der Waals surface area contributed by atoms with Crippen LogP contribution in [0.3, 0.4) is 0 Å². The van der Waals surface area contributed by atoms with Gasteiger partial charge in [-0.2, -0.15) is 5.26 Å². The van der Waals surface area contributed by atoms with Gasteiger partial charge in [0.2, 0.25) is 0 Å². The molecule has 0 aliphatic carbocycles. The molecule has 0 spiro atoms. The van der Waals surface area contributed by atoms with Crippen LogP contribution < -0.4 is 0 Å². The van der Waals surface area contributed by atoms with E-state index in [0.717, 1.165) is 19.4 Å². The van der Waals surface area contributed by atoms with Crippen LogP contribution in [0.2, 0.25) is 0 Å². The molecule has 0 amide bonds. The SMILES string of the molecule is COC(=O)CN1CCCC(C#N)C1. The molecule has 0 aromatic carbocycles. The monoisotopic (exact) mass is 182 g/mol. The Kier molecular flexibility index (Phi) is 3.71. The first-order chi connectivity index (χ1) is 6.26. The number of piperidine rings is 1. The molecule has 0 aromatic heterocycles. The van der Waals surface area contributed by atoms with E-state index in [4.69, 9.17) is 5.26 Å². The Morgan fingerprint density at radius 1 is 1.77 bits per heavy atom. The van der Waals surface area contributed by atoms with Gasteiger partial charge in [0.25, 0.3) is 0 Å². The molecule has 1 saturated heterocycles. The Balaban J connectivity index is 2.35. The fraction of sp³-hybridized carbons (Fsp3) is 0.778. The smallest absolute Gasteiger partial charge is 0.319 e. The normalized spacial score (nSPS) is 23.5. The van der Waals surface area contributed by atoms with Gasteiger partial charge in [-0.3, -0.25) is 9.69 Å². The quantitative estimate of drug-likeness (QED) is 0.580.